The monoisotopic (exact) mass is 135 g/mol. The van der Waals surface area contributed by atoms with Crippen LogP contribution in [0.4, 0.5) is 8.78 Å². The zero-order chi connectivity index (χ0) is 7.44. The number of hydrogen-bond donors (Lipinski definition) is 0. The second kappa shape index (κ2) is 3.27. The predicted molar refractivity (Wildman–Crippen MR) is 29.8 cm³/mol. The van der Waals surface area contributed by atoms with Gasteiger partial charge in [-0.3, -0.25) is 4.79 Å². The van der Waals surface area contributed by atoms with E-state index in [4.69, 9.17) is 0 Å². The third kappa shape index (κ3) is 3.76. The largest absolute Gasteiger partial charge is 0.361 e. The van der Waals surface area contributed by atoms with Gasteiger partial charge in [0.1, 0.15) is 6.04 Å². The zero-order valence-electron chi connectivity index (χ0n) is 5.19. The summed E-state index contributed by atoms with van der Waals surface area (Å²) in [7, 11) is 0. The molecule has 0 heterocycles. The van der Waals surface area contributed by atoms with Crippen molar-refractivity contribution in [2.75, 3.05) is 0 Å². The molecule has 0 N–H and O–H groups in total. The van der Waals surface area contributed by atoms with Crippen molar-refractivity contribution in [3.8, 4) is 0 Å². The maximum absolute atomic E-state index is 11.2. The first-order valence-electron chi connectivity index (χ1n) is 2.43. The summed E-state index contributed by atoms with van der Waals surface area (Å²) in [5.74, 6) is -0.359. The molecule has 0 saturated carbocycles. The van der Waals surface area contributed by atoms with Gasteiger partial charge in [0.15, 0.2) is 5.78 Å². The topological polar surface area (TPSA) is 29.4 Å². The molecule has 0 saturated heterocycles. The second-order valence-corrected chi connectivity index (χ2v) is 1.66. The molecule has 0 amide bonds. The van der Waals surface area contributed by atoms with Crippen molar-refractivity contribution < 1.29 is 13.6 Å². The molecule has 2 nitrogen and oxygen atoms in total. The summed E-state index contributed by atoms with van der Waals surface area (Å²) in [5, 5.41) is 0. The number of hydrogen-bond acceptors (Lipinski definition) is 2. The molecule has 4 heteroatoms. The minimum absolute atomic E-state index is 0.359. The Morgan fingerprint density at radius 3 is 2.11 bits per heavy atom. The van der Waals surface area contributed by atoms with Crippen LogP contribution in [0.3, 0.4) is 0 Å². The van der Waals surface area contributed by atoms with Crippen LogP contribution in [0, 0.1) is 0 Å². The first kappa shape index (κ1) is 8.20. The highest BCUT2D eigenvalue weighted by molar-refractivity contribution is 5.83. The van der Waals surface area contributed by atoms with Gasteiger partial charge in [-0.2, -0.15) is 8.78 Å². The van der Waals surface area contributed by atoms with Crippen LogP contribution in [0.2, 0.25) is 0 Å². The first-order valence-corrected chi connectivity index (χ1v) is 2.43. The molecule has 0 rings (SSSR count). The molecule has 0 aromatic heterocycles. The zero-order valence-corrected chi connectivity index (χ0v) is 5.19. The third-order valence-corrected chi connectivity index (χ3v) is 0.880. The van der Waals surface area contributed by atoms with Crippen molar-refractivity contribution in [2.45, 2.75) is 19.9 Å². The lowest BCUT2D eigenvalue weighted by atomic mass is 10.2. The van der Waals surface area contributed by atoms with E-state index in [1.807, 2.05) is 0 Å². The Labute approximate surface area is 51.6 Å². The molecule has 9 heavy (non-hydrogen) atoms. The summed E-state index contributed by atoms with van der Waals surface area (Å²) < 4.78 is 22.5. The van der Waals surface area contributed by atoms with Crippen molar-refractivity contribution >= 4 is 12.0 Å². The molecule has 0 aliphatic heterocycles. The highest BCUT2D eigenvalue weighted by atomic mass is 19.3. The molecule has 0 spiro atoms. The summed E-state index contributed by atoms with van der Waals surface area (Å²) in [4.78, 5) is 12.9. The van der Waals surface area contributed by atoms with Crippen LogP contribution in [0.25, 0.3) is 0 Å². The van der Waals surface area contributed by atoms with Gasteiger partial charge in [-0.1, -0.05) is 0 Å². The quantitative estimate of drug-likeness (QED) is 0.524. The molecule has 1 atom stereocenters. The van der Waals surface area contributed by atoms with Crippen LogP contribution >= 0.6 is 0 Å². The third-order valence-electron chi connectivity index (χ3n) is 0.880. The van der Waals surface area contributed by atoms with Gasteiger partial charge in [-0.05, 0) is 13.8 Å². The van der Waals surface area contributed by atoms with Crippen LogP contribution in [0.5, 0.6) is 0 Å². The molecular weight excluding hydrogens is 128 g/mol. The summed E-state index contributed by atoms with van der Waals surface area (Å²) in [5.41, 5.74) is 0. The highest BCUT2D eigenvalue weighted by Gasteiger charge is 2.05. The van der Waals surface area contributed by atoms with Crippen molar-refractivity contribution in [1.29, 1.82) is 0 Å². The van der Waals surface area contributed by atoms with Crippen molar-refractivity contribution in [2.24, 2.45) is 4.99 Å². The molecule has 52 valence electrons. The fourth-order valence-corrected chi connectivity index (χ4v) is 0.237. The maximum atomic E-state index is 11.2. The van der Waals surface area contributed by atoms with Crippen LogP contribution < -0.4 is 0 Å². The molecule has 0 aromatic carbocycles. The molecule has 0 aromatic rings. The Hall–Kier alpha value is -0.800. The number of ketones is 1. The normalized spacial score (nSPS) is 12.4. The molecular formula is C5H7F2NO. The fraction of sp³-hybridized carbons (Fsp3) is 0.600. The fourth-order valence-electron chi connectivity index (χ4n) is 0.237. The lowest BCUT2D eigenvalue weighted by Crippen LogP contribution is -2.10. The highest BCUT2D eigenvalue weighted by Crippen LogP contribution is 1.93. The molecule has 0 aliphatic carbocycles. The Morgan fingerprint density at radius 2 is 2.00 bits per heavy atom. The van der Waals surface area contributed by atoms with E-state index in [-0.39, 0.29) is 5.78 Å². The standard InChI is InChI=1S/C5H7F2NO/c1-3(4(2)9)8-5(6)7/h3H,1-2H3/t3-/m0/s1. The van der Waals surface area contributed by atoms with E-state index in [9.17, 15) is 13.6 Å². The van der Waals surface area contributed by atoms with E-state index in [0.29, 0.717) is 0 Å². The number of rotatable bonds is 2. The smallest absolute Gasteiger partial charge is 0.298 e. The van der Waals surface area contributed by atoms with E-state index >= 15 is 0 Å². The molecule has 0 fully saturated rings. The first-order chi connectivity index (χ1) is 4.04. The van der Waals surface area contributed by atoms with Crippen molar-refractivity contribution in [3.05, 3.63) is 0 Å². The second-order valence-electron chi connectivity index (χ2n) is 1.66. The number of Topliss-reactive ketones (excluding diaryl/α,β-unsaturated/α-hetero) is 1. The van der Waals surface area contributed by atoms with Gasteiger partial charge in [0.2, 0.25) is 0 Å². The van der Waals surface area contributed by atoms with Gasteiger partial charge < -0.3 is 0 Å². The van der Waals surface area contributed by atoms with Gasteiger partial charge in [-0.25, -0.2) is 4.99 Å². The van der Waals surface area contributed by atoms with E-state index in [2.05, 4.69) is 4.99 Å². The Morgan fingerprint density at radius 1 is 1.56 bits per heavy atom. The molecule has 0 bridgehead atoms. The van der Waals surface area contributed by atoms with Gasteiger partial charge >= 0.3 is 6.22 Å². The number of carbonyl (C=O) groups is 1. The average molecular weight is 135 g/mol. The Kier molecular flexibility index (Phi) is 2.98. The lowest BCUT2D eigenvalue weighted by molar-refractivity contribution is -0.117. The lowest BCUT2D eigenvalue weighted by Gasteiger charge is -1.95. The van der Waals surface area contributed by atoms with Crippen LogP contribution in [0.15, 0.2) is 4.99 Å². The molecule has 0 aliphatic rings. The van der Waals surface area contributed by atoms with Crippen LogP contribution in [-0.4, -0.2) is 18.0 Å². The van der Waals surface area contributed by atoms with E-state index in [0.717, 1.165) is 0 Å². The number of aliphatic imine (C=N–C) groups is 1. The van der Waals surface area contributed by atoms with Crippen LogP contribution in [0.1, 0.15) is 13.8 Å². The number of nitrogens with zero attached hydrogens (tertiary/aromatic N) is 1. The van der Waals surface area contributed by atoms with E-state index in [1.165, 1.54) is 13.8 Å². The minimum Gasteiger partial charge on any atom is -0.298 e. The maximum Gasteiger partial charge on any atom is 0.361 e. The van der Waals surface area contributed by atoms with Crippen molar-refractivity contribution in [3.63, 3.8) is 0 Å². The summed E-state index contributed by atoms with van der Waals surface area (Å²) in [6.45, 7) is 2.54. The molecule has 0 radical (unpaired) electrons. The summed E-state index contributed by atoms with van der Waals surface area (Å²) in [6, 6.07) is -0.907. The SMILES string of the molecule is CC(=O)[C@H](C)N=C(F)F. The summed E-state index contributed by atoms with van der Waals surface area (Å²) >= 11 is 0. The van der Waals surface area contributed by atoms with Gasteiger partial charge in [0, 0.05) is 0 Å². The minimum atomic E-state index is -2.04. The molecule has 0 unspecified atom stereocenters. The summed E-state index contributed by atoms with van der Waals surface area (Å²) in [6.07, 6.45) is -2.04. The van der Waals surface area contributed by atoms with Crippen LogP contribution in [-0.2, 0) is 4.79 Å². The predicted octanol–water partition coefficient (Wildman–Crippen LogP) is 1.26. The van der Waals surface area contributed by atoms with E-state index in [1.54, 1.807) is 0 Å². The average Bonchev–Trinajstić information content (AvgIpc) is 1.63. The van der Waals surface area contributed by atoms with E-state index < -0.39 is 12.3 Å². The Balaban J connectivity index is 3.91. The van der Waals surface area contributed by atoms with Gasteiger partial charge in [0.25, 0.3) is 0 Å². The number of halogens is 2. The number of carbonyl (C=O) groups excluding carboxylic acids is 1. The van der Waals surface area contributed by atoms with Gasteiger partial charge in [0.05, 0.1) is 0 Å². The Bertz CT molecular complexity index is 140. The van der Waals surface area contributed by atoms with Gasteiger partial charge in [-0.15, -0.1) is 0 Å². The van der Waals surface area contributed by atoms with Crippen molar-refractivity contribution in [1.82, 2.24) is 0 Å².